The second-order valence-corrected chi connectivity index (χ2v) is 4.64. The molecule has 104 valence electrons. The summed E-state index contributed by atoms with van der Waals surface area (Å²) < 4.78 is 5.23. The number of halogens is 1. The highest BCUT2D eigenvalue weighted by Gasteiger charge is 2.11. The molecule has 0 atom stereocenters. The zero-order valence-electron chi connectivity index (χ0n) is 11.0. The third-order valence-corrected chi connectivity index (χ3v) is 3.20. The Hall–Kier alpha value is -2.20. The number of benzene rings is 2. The SMILES string of the molecule is COc1ccccc1CNC(=O)c1cc(N)ccc1Cl. The summed E-state index contributed by atoms with van der Waals surface area (Å²) in [6.07, 6.45) is 0. The molecule has 2 rings (SSSR count). The van der Waals surface area contributed by atoms with Crippen molar-refractivity contribution in [2.75, 3.05) is 12.8 Å². The first-order chi connectivity index (χ1) is 9.61. The molecule has 20 heavy (non-hydrogen) atoms. The average molecular weight is 291 g/mol. The predicted molar refractivity (Wildman–Crippen MR) is 80.0 cm³/mol. The fourth-order valence-corrected chi connectivity index (χ4v) is 2.04. The Labute approximate surface area is 122 Å². The van der Waals surface area contributed by atoms with Crippen LogP contribution in [-0.2, 0) is 6.54 Å². The van der Waals surface area contributed by atoms with Crippen LogP contribution in [0, 0.1) is 0 Å². The van der Waals surface area contributed by atoms with Crippen molar-refractivity contribution >= 4 is 23.2 Å². The summed E-state index contributed by atoms with van der Waals surface area (Å²) in [6.45, 7) is 0.355. The van der Waals surface area contributed by atoms with E-state index in [1.807, 2.05) is 24.3 Å². The molecular weight excluding hydrogens is 276 g/mol. The van der Waals surface area contributed by atoms with Gasteiger partial charge in [-0.25, -0.2) is 0 Å². The van der Waals surface area contributed by atoms with Gasteiger partial charge in [0.15, 0.2) is 0 Å². The maximum Gasteiger partial charge on any atom is 0.253 e. The summed E-state index contributed by atoms with van der Waals surface area (Å²) in [4.78, 5) is 12.1. The molecule has 0 radical (unpaired) electrons. The Kier molecular flexibility index (Phi) is 4.48. The van der Waals surface area contributed by atoms with Crippen LogP contribution in [0.5, 0.6) is 5.75 Å². The van der Waals surface area contributed by atoms with Crippen LogP contribution in [-0.4, -0.2) is 13.0 Å². The Morgan fingerprint density at radius 1 is 1.30 bits per heavy atom. The van der Waals surface area contributed by atoms with Crippen molar-refractivity contribution < 1.29 is 9.53 Å². The summed E-state index contributed by atoms with van der Waals surface area (Å²) >= 11 is 5.99. The number of carbonyl (C=O) groups excluding carboxylic acids is 1. The first kappa shape index (κ1) is 14.2. The quantitative estimate of drug-likeness (QED) is 0.851. The van der Waals surface area contributed by atoms with Gasteiger partial charge in [-0.3, -0.25) is 4.79 Å². The zero-order chi connectivity index (χ0) is 14.5. The molecule has 0 heterocycles. The molecule has 0 aromatic heterocycles. The fraction of sp³-hybridized carbons (Fsp3) is 0.133. The second-order valence-electron chi connectivity index (χ2n) is 4.23. The number of nitrogens with one attached hydrogen (secondary N) is 1. The van der Waals surface area contributed by atoms with E-state index in [-0.39, 0.29) is 5.91 Å². The van der Waals surface area contributed by atoms with Crippen molar-refractivity contribution in [3.63, 3.8) is 0 Å². The van der Waals surface area contributed by atoms with Crippen LogP contribution in [0.15, 0.2) is 42.5 Å². The van der Waals surface area contributed by atoms with Gasteiger partial charge in [-0.1, -0.05) is 29.8 Å². The van der Waals surface area contributed by atoms with Crippen LogP contribution < -0.4 is 15.8 Å². The van der Waals surface area contributed by atoms with Crippen LogP contribution in [0.3, 0.4) is 0 Å². The van der Waals surface area contributed by atoms with E-state index < -0.39 is 0 Å². The lowest BCUT2D eigenvalue weighted by Gasteiger charge is -2.10. The molecule has 0 spiro atoms. The molecule has 0 aliphatic carbocycles. The third-order valence-electron chi connectivity index (χ3n) is 2.87. The summed E-state index contributed by atoms with van der Waals surface area (Å²) in [5.41, 5.74) is 7.41. The van der Waals surface area contributed by atoms with Gasteiger partial charge in [-0.2, -0.15) is 0 Å². The van der Waals surface area contributed by atoms with E-state index in [4.69, 9.17) is 22.1 Å². The van der Waals surface area contributed by atoms with Gasteiger partial charge in [-0.15, -0.1) is 0 Å². The van der Waals surface area contributed by atoms with Gasteiger partial charge in [0, 0.05) is 17.8 Å². The van der Waals surface area contributed by atoms with Gasteiger partial charge < -0.3 is 15.8 Å². The highest BCUT2D eigenvalue weighted by atomic mass is 35.5. The maximum absolute atomic E-state index is 12.1. The zero-order valence-corrected chi connectivity index (χ0v) is 11.8. The van der Waals surface area contributed by atoms with Crippen molar-refractivity contribution in [2.24, 2.45) is 0 Å². The van der Waals surface area contributed by atoms with Gasteiger partial charge in [-0.05, 0) is 24.3 Å². The number of anilines is 1. The Bertz CT molecular complexity index is 629. The van der Waals surface area contributed by atoms with Crippen molar-refractivity contribution in [2.45, 2.75) is 6.54 Å². The summed E-state index contributed by atoms with van der Waals surface area (Å²) in [5.74, 6) is 0.458. The van der Waals surface area contributed by atoms with Crippen molar-refractivity contribution in [3.05, 3.63) is 58.6 Å². The van der Waals surface area contributed by atoms with Gasteiger partial charge >= 0.3 is 0 Å². The van der Waals surface area contributed by atoms with E-state index in [2.05, 4.69) is 5.32 Å². The van der Waals surface area contributed by atoms with E-state index in [1.165, 1.54) is 0 Å². The fourth-order valence-electron chi connectivity index (χ4n) is 1.84. The van der Waals surface area contributed by atoms with Crippen molar-refractivity contribution in [1.82, 2.24) is 5.32 Å². The normalized spacial score (nSPS) is 10.1. The monoisotopic (exact) mass is 290 g/mol. The number of hydrogen-bond donors (Lipinski definition) is 2. The summed E-state index contributed by atoms with van der Waals surface area (Å²) in [6, 6.07) is 12.3. The van der Waals surface area contributed by atoms with Gasteiger partial charge in [0.25, 0.3) is 5.91 Å². The minimum Gasteiger partial charge on any atom is -0.496 e. The van der Waals surface area contributed by atoms with Gasteiger partial charge in [0.05, 0.1) is 17.7 Å². The van der Waals surface area contributed by atoms with Crippen molar-refractivity contribution in [3.8, 4) is 5.75 Å². The number of hydrogen-bond acceptors (Lipinski definition) is 3. The molecule has 4 nitrogen and oxygen atoms in total. The predicted octanol–water partition coefficient (Wildman–Crippen LogP) is 2.86. The molecule has 0 bridgehead atoms. The summed E-state index contributed by atoms with van der Waals surface area (Å²) in [7, 11) is 1.59. The van der Waals surface area contributed by atoms with Crippen LogP contribution in [0.1, 0.15) is 15.9 Å². The highest BCUT2D eigenvalue weighted by Crippen LogP contribution is 2.20. The molecule has 0 saturated carbocycles. The van der Waals surface area contributed by atoms with Gasteiger partial charge in [0.1, 0.15) is 5.75 Å². The second kappa shape index (κ2) is 6.30. The van der Waals surface area contributed by atoms with Crippen LogP contribution in [0.25, 0.3) is 0 Å². The molecule has 5 heteroatoms. The Morgan fingerprint density at radius 2 is 2.05 bits per heavy atom. The average Bonchev–Trinajstić information content (AvgIpc) is 2.47. The van der Waals surface area contributed by atoms with Crippen LogP contribution in [0.4, 0.5) is 5.69 Å². The molecular formula is C15H15ClN2O2. The number of carbonyl (C=O) groups is 1. The minimum absolute atomic E-state index is 0.270. The number of ether oxygens (including phenoxy) is 1. The molecule has 3 N–H and O–H groups in total. The number of methoxy groups -OCH3 is 1. The number of amides is 1. The lowest BCUT2D eigenvalue weighted by molar-refractivity contribution is 0.0951. The molecule has 0 unspecified atom stereocenters. The molecule has 2 aromatic rings. The van der Waals surface area contributed by atoms with E-state index in [1.54, 1.807) is 25.3 Å². The van der Waals surface area contributed by atoms with E-state index in [9.17, 15) is 4.79 Å². The van der Waals surface area contributed by atoms with E-state index in [0.29, 0.717) is 22.8 Å². The summed E-state index contributed by atoms with van der Waals surface area (Å²) in [5, 5.41) is 3.17. The first-order valence-electron chi connectivity index (χ1n) is 6.07. The Balaban J connectivity index is 2.11. The topological polar surface area (TPSA) is 64.3 Å². The lowest BCUT2D eigenvalue weighted by atomic mass is 10.1. The number of nitrogens with two attached hydrogens (primary N) is 1. The molecule has 0 aliphatic heterocycles. The smallest absolute Gasteiger partial charge is 0.253 e. The van der Waals surface area contributed by atoms with Crippen LogP contribution in [0.2, 0.25) is 5.02 Å². The molecule has 0 aliphatic rings. The third kappa shape index (κ3) is 3.22. The lowest BCUT2D eigenvalue weighted by Crippen LogP contribution is -2.23. The highest BCUT2D eigenvalue weighted by molar-refractivity contribution is 6.34. The molecule has 0 fully saturated rings. The van der Waals surface area contributed by atoms with Crippen molar-refractivity contribution in [1.29, 1.82) is 0 Å². The van der Waals surface area contributed by atoms with Crippen LogP contribution >= 0.6 is 11.6 Å². The number of rotatable bonds is 4. The maximum atomic E-state index is 12.1. The Morgan fingerprint density at radius 3 is 2.80 bits per heavy atom. The molecule has 1 amide bonds. The number of nitrogen functional groups attached to an aromatic ring is 1. The van der Waals surface area contributed by atoms with E-state index in [0.717, 1.165) is 11.3 Å². The first-order valence-corrected chi connectivity index (χ1v) is 6.44. The number of para-hydroxylation sites is 1. The standard InChI is InChI=1S/C15H15ClN2O2/c1-20-14-5-3-2-4-10(14)9-18-15(19)12-8-11(17)6-7-13(12)16/h2-8H,9,17H2,1H3,(H,18,19). The largest absolute Gasteiger partial charge is 0.496 e. The van der Waals surface area contributed by atoms with Gasteiger partial charge in [0.2, 0.25) is 0 Å². The minimum atomic E-state index is -0.270. The molecule has 2 aromatic carbocycles. The van der Waals surface area contributed by atoms with E-state index >= 15 is 0 Å². The molecule has 0 saturated heterocycles.